The lowest BCUT2D eigenvalue weighted by molar-refractivity contribution is 0.0157. The number of hydrogen-bond acceptors (Lipinski definition) is 9. The van der Waals surface area contributed by atoms with E-state index in [-0.39, 0.29) is 6.61 Å². The number of carbonyl (C=O) groups is 1. The first-order valence-electron chi connectivity index (χ1n) is 11.0. The van der Waals surface area contributed by atoms with Crippen molar-refractivity contribution in [3.8, 4) is 11.4 Å². The third-order valence-corrected chi connectivity index (χ3v) is 6.11. The van der Waals surface area contributed by atoms with Gasteiger partial charge in [0.2, 0.25) is 0 Å². The molecule has 4 rings (SSSR count). The Labute approximate surface area is 197 Å². The van der Waals surface area contributed by atoms with Gasteiger partial charge in [0.05, 0.1) is 13.2 Å². The fourth-order valence-electron chi connectivity index (χ4n) is 4.09. The number of ether oxygens (including phenoxy) is 2. The van der Waals surface area contributed by atoms with Crippen LogP contribution in [0.2, 0.25) is 0 Å². The summed E-state index contributed by atoms with van der Waals surface area (Å²) >= 11 is 1.59. The molecule has 0 N–H and O–H groups in total. The van der Waals surface area contributed by atoms with E-state index in [9.17, 15) is 4.79 Å². The molecule has 1 amide bonds. The molecule has 3 aromatic rings. The van der Waals surface area contributed by atoms with Gasteiger partial charge in [-0.15, -0.1) is 21.5 Å². The first-order chi connectivity index (χ1) is 15.5. The number of aromatic nitrogens is 5. The molecule has 0 unspecified atom stereocenters. The van der Waals surface area contributed by atoms with Crippen molar-refractivity contribution in [2.24, 2.45) is 0 Å². The predicted octanol–water partition coefficient (Wildman–Crippen LogP) is 3.62. The van der Waals surface area contributed by atoms with E-state index in [0.717, 1.165) is 23.9 Å². The molecule has 0 atom stereocenters. The van der Waals surface area contributed by atoms with Gasteiger partial charge in [-0.05, 0) is 53.7 Å². The highest BCUT2D eigenvalue weighted by atomic mass is 32.1. The van der Waals surface area contributed by atoms with Crippen LogP contribution >= 0.6 is 11.3 Å². The Balaban J connectivity index is 1.53. The van der Waals surface area contributed by atoms with Gasteiger partial charge in [-0.3, -0.25) is 4.90 Å². The molecule has 11 heteroatoms. The average Bonchev–Trinajstić information content (AvgIpc) is 3.38. The minimum absolute atomic E-state index is 0.0325. The summed E-state index contributed by atoms with van der Waals surface area (Å²) in [4.78, 5) is 21.6. The molecule has 10 nitrogen and oxygen atoms in total. The van der Waals surface area contributed by atoms with Crippen molar-refractivity contribution in [2.75, 3.05) is 31.2 Å². The zero-order valence-corrected chi connectivity index (χ0v) is 20.8. The highest BCUT2D eigenvalue weighted by Gasteiger charge is 2.37. The smallest absolute Gasteiger partial charge is 0.411 e. The molecule has 3 aromatic heterocycles. The molecule has 1 saturated heterocycles. The Bertz CT molecular complexity index is 1110. The molecule has 4 heterocycles. The Hall–Kier alpha value is -2.79. The van der Waals surface area contributed by atoms with Gasteiger partial charge < -0.3 is 14.4 Å². The highest BCUT2D eigenvalue weighted by molar-refractivity contribution is 7.14. The van der Waals surface area contributed by atoms with Gasteiger partial charge in [0.15, 0.2) is 23.2 Å². The van der Waals surface area contributed by atoms with Crippen LogP contribution in [0.25, 0.3) is 17.0 Å². The summed E-state index contributed by atoms with van der Waals surface area (Å²) in [5.74, 6) is 0.451. The zero-order valence-electron chi connectivity index (χ0n) is 20.0. The lowest BCUT2D eigenvalue weighted by Crippen LogP contribution is -2.55. The van der Waals surface area contributed by atoms with Crippen LogP contribution in [-0.4, -0.2) is 73.2 Å². The van der Waals surface area contributed by atoms with E-state index in [1.54, 1.807) is 20.8 Å². The van der Waals surface area contributed by atoms with Gasteiger partial charge in [-0.2, -0.15) is 9.61 Å². The lowest BCUT2D eigenvalue weighted by Gasteiger charge is -2.44. The van der Waals surface area contributed by atoms with E-state index < -0.39 is 17.2 Å². The van der Waals surface area contributed by atoms with Crippen molar-refractivity contribution in [1.29, 1.82) is 0 Å². The molecule has 0 radical (unpaired) electrons. The maximum absolute atomic E-state index is 12.9. The van der Waals surface area contributed by atoms with E-state index in [0.29, 0.717) is 30.4 Å². The van der Waals surface area contributed by atoms with Crippen molar-refractivity contribution >= 4 is 28.2 Å². The first kappa shape index (κ1) is 23.4. The van der Waals surface area contributed by atoms with Crippen molar-refractivity contribution < 1.29 is 14.3 Å². The molecule has 1 aliphatic rings. The second-order valence-electron chi connectivity index (χ2n) is 9.95. The van der Waals surface area contributed by atoms with Crippen LogP contribution in [0.15, 0.2) is 17.5 Å². The molecule has 33 heavy (non-hydrogen) atoms. The third kappa shape index (κ3) is 5.09. The van der Waals surface area contributed by atoms with E-state index in [1.165, 1.54) is 0 Å². The van der Waals surface area contributed by atoms with Crippen LogP contribution in [0.1, 0.15) is 47.4 Å². The van der Waals surface area contributed by atoms with E-state index in [2.05, 4.69) is 20.2 Å². The Morgan fingerprint density at radius 2 is 1.79 bits per heavy atom. The van der Waals surface area contributed by atoms with E-state index in [1.807, 2.05) is 59.1 Å². The summed E-state index contributed by atoms with van der Waals surface area (Å²) < 4.78 is 12.7. The first-order valence-corrected chi connectivity index (χ1v) is 11.9. The second-order valence-corrected chi connectivity index (χ2v) is 10.8. The van der Waals surface area contributed by atoms with Crippen molar-refractivity contribution in [2.45, 2.75) is 59.2 Å². The fourth-order valence-corrected chi connectivity index (χ4v) is 4.96. The van der Waals surface area contributed by atoms with E-state index >= 15 is 0 Å². The summed E-state index contributed by atoms with van der Waals surface area (Å²) in [6.45, 7) is 15.0. The van der Waals surface area contributed by atoms with Gasteiger partial charge in [-0.25, -0.2) is 9.78 Å². The Morgan fingerprint density at radius 1 is 1.09 bits per heavy atom. The molecule has 0 spiro atoms. The minimum Gasteiger partial charge on any atom is -0.441 e. The molecule has 0 aromatic carbocycles. The largest absolute Gasteiger partial charge is 0.441 e. The number of amides is 1. The van der Waals surface area contributed by atoms with Crippen LogP contribution in [0.3, 0.4) is 0 Å². The summed E-state index contributed by atoms with van der Waals surface area (Å²) in [5.41, 5.74) is 1.28. The van der Waals surface area contributed by atoms with Gasteiger partial charge >= 0.3 is 6.09 Å². The molecule has 1 fully saturated rings. The van der Waals surface area contributed by atoms with E-state index in [4.69, 9.17) is 14.5 Å². The van der Waals surface area contributed by atoms with Crippen molar-refractivity contribution in [3.63, 3.8) is 0 Å². The van der Waals surface area contributed by atoms with Crippen LogP contribution in [0.5, 0.6) is 0 Å². The number of thiazole rings is 1. The monoisotopic (exact) mass is 473 g/mol. The molecular formula is C22H31N7O3S. The van der Waals surface area contributed by atoms with Gasteiger partial charge in [0.25, 0.3) is 0 Å². The SMILES string of the molecule is CC(C)(C)N(C(=O)OCc1nnc2ccc(-c3csc(N4CCOCC4)n3)nn12)C(C)(C)C. The van der Waals surface area contributed by atoms with Crippen LogP contribution < -0.4 is 4.90 Å². The van der Waals surface area contributed by atoms with Crippen molar-refractivity contribution in [3.05, 3.63) is 23.3 Å². The van der Waals surface area contributed by atoms with Crippen molar-refractivity contribution in [1.82, 2.24) is 29.7 Å². The van der Waals surface area contributed by atoms with Gasteiger partial charge in [0.1, 0.15) is 11.4 Å². The molecular weight excluding hydrogens is 442 g/mol. The van der Waals surface area contributed by atoms with Crippen LogP contribution in [-0.2, 0) is 16.1 Å². The topological polar surface area (TPSA) is 98.0 Å². The average molecular weight is 474 g/mol. The molecule has 178 valence electrons. The number of anilines is 1. The maximum atomic E-state index is 12.9. The fraction of sp³-hybridized carbons (Fsp3) is 0.591. The number of rotatable bonds is 4. The number of fused-ring (bicyclic) bond motifs is 1. The van der Waals surface area contributed by atoms with Crippen LogP contribution in [0.4, 0.5) is 9.93 Å². The van der Waals surface area contributed by atoms with Crippen LogP contribution in [0, 0.1) is 0 Å². The zero-order chi connectivity index (χ0) is 23.8. The third-order valence-electron chi connectivity index (χ3n) is 5.21. The maximum Gasteiger partial charge on any atom is 0.411 e. The minimum atomic E-state index is -0.405. The molecule has 0 bridgehead atoms. The Morgan fingerprint density at radius 3 is 2.45 bits per heavy atom. The molecule has 0 saturated carbocycles. The molecule has 1 aliphatic heterocycles. The number of hydrogen-bond donors (Lipinski definition) is 0. The second kappa shape index (κ2) is 8.86. The number of nitrogens with zero attached hydrogens (tertiary/aromatic N) is 7. The summed E-state index contributed by atoms with van der Waals surface area (Å²) in [7, 11) is 0. The summed E-state index contributed by atoms with van der Waals surface area (Å²) in [5, 5.41) is 16.0. The quantitative estimate of drug-likeness (QED) is 0.567. The summed E-state index contributed by atoms with van der Waals surface area (Å²) in [6, 6.07) is 3.71. The normalized spacial score (nSPS) is 15.2. The summed E-state index contributed by atoms with van der Waals surface area (Å²) in [6.07, 6.45) is -0.405. The van der Waals surface area contributed by atoms with Gasteiger partial charge in [0, 0.05) is 29.5 Å². The standard InChI is InChI=1S/C22H31N7O3S/c1-21(2,3)29(22(4,5)6)20(30)32-13-18-25-24-17-8-7-15(26-28(17)18)16-14-33-19(23-16)27-9-11-31-12-10-27/h7-8,14H,9-13H2,1-6H3. The lowest BCUT2D eigenvalue weighted by atomic mass is 9.97. The van der Waals surface area contributed by atoms with Gasteiger partial charge in [-0.1, -0.05) is 0 Å². The highest BCUT2D eigenvalue weighted by Crippen LogP contribution is 2.28. The number of morpholine rings is 1. The Kier molecular flexibility index (Phi) is 6.28. The predicted molar refractivity (Wildman–Crippen MR) is 126 cm³/mol. The number of carbonyl (C=O) groups excluding carboxylic acids is 1. The molecule has 0 aliphatic carbocycles.